The standard InChI is InChI=1S/C9H16N2O2/c1-6-7(2)13-11-9(6)8(12)4-3-5-10/h8,12H,3-5,10H2,1-2H3. The van der Waals surface area contributed by atoms with Crippen LogP contribution in [0.5, 0.6) is 0 Å². The summed E-state index contributed by atoms with van der Waals surface area (Å²) in [5.41, 5.74) is 6.92. The Kier molecular flexibility index (Phi) is 3.45. The predicted octanol–water partition coefficient (Wildman–Crippen LogP) is 1.06. The highest BCUT2D eigenvalue weighted by Crippen LogP contribution is 2.22. The van der Waals surface area contributed by atoms with Crippen molar-refractivity contribution >= 4 is 0 Å². The van der Waals surface area contributed by atoms with Gasteiger partial charge in [0, 0.05) is 5.56 Å². The third-order valence-electron chi connectivity index (χ3n) is 2.19. The number of rotatable bonds is 4. The molecule has 0 saturated heterocycles. The van der Waals surface area contributed by atoms with E-state index in [9.17, 15) is 5.11 Å². The van der Waals surface area contributed by atoms with Gasteiger partial charge in [-0.05, 0) is 33.2 Å². The first-order chi connectivity index (χ1) is 6.16. The second kappa shape index (κ2) is 4.39. The average Bonchev–Trinajstić information content (AvgIpc) is 2.44. The van der Waals surface area contributed by atoms with Crippen LogP contribution in [0.25, 0.3) is 0 Å². The van der Waals surface area contributed by atoms with Crippen molar-refractivity contribution < 1.29 is 9.63 Å². The molecule has 0 radical (unpaired) electrons. The highest BCUT2D eigenvalue weighted by atomic mass is 16.5. The second-order valence-corrected chi connectivity index (χ2v) is 3.20. The van der Waals surface area contributed by atoms with Crippen LogP contribution in [0, 0.1) is 13.8 Å². The van der Waals surface area contributed by atoms with Crippen LogP contribution in [-0.4, -0.2) is 16.8 Å². The zero-order valence-corrected chi connectivity index (χ0v) is 8.08. The molecule has 1 unspecified atom stereocenters. The monoisotopic (exact) mass is 184 g/mol. The molecule has 0 fully saturated rings. The van der Waals surface area contributed by atoms with Gasteiger partial charge in [-0.25, -0.2) is 0 Å². The lowest BCUT2D eigenvalue weighted by Gasteiger charge is -2.06. The number of hydrogen-bond acceptors (Lipinski definition) is 4. The summed E-state index contributed by atoms with van der Waals surface area (Å²) >= 11 is 0. The molecule has 0 aliphatic carbocycles. The van der Waals surface area contributed by atoms with Crippen LogP contribution < -0.4 is 5.73 Å². The lowest BCUT2D eigenvalue weighted by atomic mass is 10.1. The van der Waals surface area contributed by atoms with E-state index in [2.05, 4.69) is 5.16 Å². The molecule has 1 aromatic heterocycles. The molecule has 0 bridgehead atoms. The van der Waals surface area contributed by atoms with Gasteiger partial charge in [-0.3, -0.25) is 0 Å². The molecular formula is C9H16N2O2. The molecule has 0 aliphatic heterocycles. The minimum absolute atomic E-state index is 0.541. The number of aromatic nitrogens is 1. The topological polar surface area (TPSA) is 72.3 Å². The van der Waals surface area contributed by atoms with Crippen LogP contribution in [0.4, 0.5) is 0 Å². The number of nitrogens with zero attached hydrogens (tertiary/aromatic N) is 1. The summed E-state index contributed by atoms with van der Waals surface area (Å²) < 4.78 is 4.96. The van der Waals surface area contributed by atoms with Crippen LogP contribution in [0.3, 0.4) is 0 Å². The Hall–Kier alpha value is -0.870. The second-order valence-electron chi connectivity index (χ2n) is 3.20. The molecule has 1 aromatic rings. The van der Waals surface area contributed by atoms with E-state index in [1.807, 2.05) is 13.8 Å². The molecule has 1 heterocycles. The van der Waals surface area contributed by atoms with Gasteiger partial charge < -0.3 is 15.4 Å². The number of aliphatic hydroxyl groups is 1. The first kappa shape index (κ1) is 10.2. The molecule has 3 N–H and O–H groups in total. The molecular weight excluding hydrogens is 168 g/mol. The van der Waals surface area contributed by atoms with Gasteiger partial charge in [0.05, 0.1) is 6.10 Å². The Morgan fingerprint density at radius 2 is 2.23 bits per heavy atom. The summed E-state index contributed by atoms with van der Waals surface area (Å²) in [4.78, 5) is 0. The van der Waals surface area contributed by atoms with Gasteiger partial charge in [0.2, 0.25) is 0 Å². The minimum atomic E-state index is -0.541. The molecule has 0 aliphatic rings. The van der Waals surface area contributed by atoms with E-state index in [0.29, 0.717) is 18.7 Å². The number of nitrogens with two attached hydrogens (primary N) is 1. The summed E-state index contributed by atoms with van der Waals surface area (Å²) in [7, 11) is 0. The molecule has 0 saturated carbocycles. The molecule has 4 nitrogen and oxygen atoms in total. The Bertz CT molecular complexity index is 271. The van der Waals surface area contributed by atoms with Crippen molar-refractivity contribution in [3.63, 3.8) is 0 Å². The number of hydrogen-bond donors (Lipinski definition) is 2. The van der Waals surface area contributed by atoms with Gasteiger partial charge in [-0.15, -0.1) is 0 Å². The van der Waals surface area contributed by atoms with Crippen LogP contribution in [0.15, 0.2) is 4.52 Å². The van der Waals surface area contributed by atoms with Crippen molar-refractivity contribution in [2.75, 3.05) is 6.54 Å². The number of aryl methyl sites for hydroxylation is 1. The van der Waals surface area contributed by atoms with Crippen LogP contribution in [0.1, 0.15) is 36.0 Å². The maximum Gasteiger partial charge on any atom is 0.136 e. The van der Waals surface area contributed by atoms with Gasteiger partial charge in [0.25, 0.3) is 0 Å². The summed E-state index contributed by atoms with van der Waals surface area (Å²) in [6.45, 7) is 4.32. The van der Waals surface area contributed by atoms with Crippen LogP contribution in [0.2, 0.25) is 0 Å². The molecule has 74 valence electrons. The molecule has 0 amide bonds. The highest BCUT2D eigenvalue weighted by Gasteiger charge is 2.16. The highest BCUT2D eigenvalue weighted by molar-refractivity contribution is 5.21. The van der Waals surface area contributed by atoms with Crippen molar-refractivity contribution in [1.82, 2.24) is 5.16 Å². The molecule has 1 rings (SSSR count). The molecule has 0 spiro atoms. The van der Waals surface area contributed by atoms with E-state index in [-0.39, 0.29) is 0 Å². The summed E-state index contributed by atoms with van der Waals surface area (Å²) in [5, 5.41) is 13.5. The van der Waals surface area contributed by atoms with Crippen LogP contribution in [-0.2, 0) is 0 Å². The number of aliphatic hydroxyl groups excluding tert-OH is 1. The maximum absolute atomic E-state index is 9.67. The van der Waals surface area contributed by atoms with E-state index in [0.717, 1.165) is 17.7 Å². The van der Waals surface area contributed by atoms with E-state index in [4.69, 9.17) is 10.3 Å². The van der Waals surface area contributed by atoms with E-state index < -0.39 is 6.10 Å². The van der Waals surface area contributed by atoms with Gasteiger partial charge in [0.15, 0.2) is 0 Å². The minimum Gasteiger partial charge on any atom is -0.387 e. The van der Waals surface area contributed by atoms with Crippen LogP contribution >= 0.6 is 0 Å². The predicted molar refractivity (Wildman–Crippen MR) is 49.2 cm³/mol. The molecule has 13 heavy (non-hydrogen) atoms. The summed E-state index contributed by atoms with van der Waals surface area (Å²) in [6.07, 6.45) is 0.900. The van der Waals surface area contributed by atoms with Gasteiger partial charge >= 0.3 is 0 Å². The zero-order valence-electron chi connectivity index (χ0n) is 8.08. The van der Waals surface area contributed by atoms with E-state index >= 15 is 0 Å². The Labute approximate surface area is 77.7 Å². The molecule has 0 aromatic carbocycles. The normalized spacial score (nSPS) is 13.2. The lowest BCUT2D eigenvalue weighted by Crippen LogP contribution is -2.05. The fourth-order valence-electron chi connectivity index (χ4n) is 1.19. The third kappa shape index (κ3) is 2.29. The van der Waals surface area contributed by atoms with E-state index in [1.54, 1.807) is 0 Å². The van der Waals surface area contributed by atoms with Crippen molar-refractivity contribution in [1.29, 1.82) is 0 Å². The fourth-order valence-corrected chi connectivity index (χ4v) is 1.19. The Morgan fingerprint density at radius 1 is 1.54 bits per heavy atom. The lowest BCUT2D eigenvalue weighted by molar-refractivity contribution is 0.155. The largest absolute Gasteiger partial charge is 0.387 e. The van der Waals surface area contributed by atoms with Crippen molar-refractivity contribution in [2.45, 2.75) is 32.8 Å². The van der Waals surface area contributed by atoms with Gasteiger partial charge in [0.1, 0.15) is 11.5 Å². The fraction of sp³-hybridized carbons (Fsp3) is 0.667. The van der Waals surface area contributed by atoms with Gasteiger partial charge in [-0.2, -0.15) is 0 Å². The van der Waals surface area contributed by atoms with Gasteiger partial charge in [-0.1, -0.05) is 5.16 Å². The van der Waals surface area contributed by atoms with Crippen molar-refractivity contribution in [3.05, 3.63) is 17.0 Å². The quantitative estimate of drug-likeness (QED) is 0.734. The van der Waals surface area contributed by atoms with E-state index in [1.165, 1.54) is 0 Å². The Morgan fingerprint density at radius 3 is 2.69 bits per heavy atom. The molecule has 1 atom stereocenters. The van der Waals surface area contributed by atoms with Crippen molar-refractivity contribution in [3.8, 4) is 0 Å². The molecule has 4 heteroatoms. The average molecular weight is 184 g/mol. The first-order valence-corrected chi connectivity index (χ1v) is 4.47. The van der Waals surface area contributed by atoms with Crippen molar-refractivity contribution in [2.24, 2.45) is 5.73 Å². The maximum atomic E-state index is 9.67. The first-order valence-electron chi connectivity index (χ1n) is 4.47. The smallest absolute Gasteiger partial charge is 0.136 e. The zero-order chi connectivity index (χ0) is 9.84. The summed E-state index contributed by atoms with van der Waals surface area (Å²) in [5.74, 6) is 0.766. The summed E-state index contributed by atoms with van der Waals surface area (Å²) in [6, 6.07) is 0. The third-order valence-corrected chi connectivity index (χ3v) is 2.19. The SMILES string of the molecule is Cc1onc(C(O)CCCN)c1C. The Balaban J connectivity index is 2.65.